The molecular weight excluding hydrogens is 440 g/mol. The van der Waals surface area contributed by atoms with E-state index in [9.17, 15) is 0 Å². The average molecular weight is 475 g/mol. The van der Waals surface area contributed by atoms with Gasteiger partial charge in [-0.2, -0.15) is 0 Å². The predicted octanol–water partition coefficient (Wildman–Crippen LogP) is 8.51. The number of aromatic nitrogens is 4. The Morgan fingerprint density at radius 3 is 1.28 bits per heavy atom. The molecule has 0 fully saturated rings. The van der Waals surface area contributed by atoms with Gasteiger partial charge >= 0.3 is 0 Å². The van der Waals surface area contributed by atoms with Gasteiger partial charge in [-0.05, 0) is 37.1 Å². The lowest BCUT2D eigenvalue weighted by molar-refractivity contribution is 0.536. The standard InChI is InChI=1S/C32H34N4/c1(3-5-11-21-35-29-15-9-7-13-25(29)27-17-19-33-23-31(27)35)2-4-6-12-22-36-30-16-10-8-14-26(30)28-18-20-34-24-32(28)36/h7-10,13-20,23-24H,1-6,11-12,21-22H2. The first-order chi connectivity index (χ1) is 17.9. The third kappa shape index (κ3) is 4.37. The van der Waals surface area contributed by atoms with Crippen LogP contribution < -0.4 is 0 Å². The predicted molar refractivity (Wildman–Crippen MR) is 151 cm³/mol. The number of unbranched alkanes of at least 4 members (excludes halogenated alkanes) is 7. The highest BCUT2D eigenvalue weighted by molar-refractivity contribution is 6.08. The first-order valence-corrected chi connectivity index (χ1v) is 13.5. The molecule has 4 aromatic heterocycles. The maximum absolute atomic E-state index is 4.38. The Labute approximate surface area is 212 Å². The van der Waals surface area contributed by atoms with Gasteiger partial charge in [0.15, 0.2) is 0 Å². The molecule has 0 saturated carbocycles. The number of aryl methyl sites for hydroxylation is 2. The summed E-state index contributed by atoms with van der Waals surface area (Å²) in [6.45, 7) is 2.15. The Kier molecular flexibility index (Phi) is 6.66. The number of nitrogens with zero attached hydrogens (tertiary/aromatic N) is 4. The molecule has 2 aromatic carbocycles. The van der Waals surface area contributed by atoms with Gasteiger partial charge in [0.25, 0.3) is 0 Å². The van der Waals surface area contributed by atoms with Crippen molar-refractivity contribution in [2.75, 3.05) is 0 Å². The summed E-state index contributed by atoms with van der Waals surface area (Å²) < 4.78 is 4.92. The van der Waals surface area contributed by atoms with Crippen molar-refractivity contribution in [3.05, 3.63) is 85.5 Å². The van der Waals surface area contributed by atoms with Crippen LogP contribution in [0.15, 0.2) is 85.5 Å². The summed E-state index contributed by atoms with van der Waals surface area (Å²) in [7, 11) is 0. The summed E-state index contributed by atoms with van der Waals surface area (Å²) in [4.78, 5) is 8.77. The number of hydrogen-bond acceptors (Lipinski definition) is 2. The minimum atomic E-state index is 1.07. The van der Waals surface area contributed by atoms with Gasteiger partial charge in [-0.15, -0.1) is 0 Å². The van der Waals surface area contributed by atoms with Gasteiger partial charge in [0.1, 0.15) is 0 Å². The summed E-state index contributed by atoms with van der Waals surface area (Å²) in [5.74, 6) is 0. The van der Waals surface area contributed by atoms with E-state index in [1.54, 1.807) is 0 Å². The second kappa shape index (κ2) is 10.5. The zero-order valence-electron chi connectivity index (χ0n) is 20.9. The van der Waals surface area contributed by atoms with Gasteiger partial charge in [-0.25, -0.2) is 0 Å². The van der Waals surface area contributed by atoms with Crippen LogP contribution in [0.25, 0.3) is 43.6 Å². The van der Waals surface area contributed by atoms with Crippen LogP contribution in [0.1, 0.15) is 51.4 Å². The molecule has 0 aliphatic carbocycles. The van der Waals surface area contributed by atoms with Crippen LogP contribution in [-0.2, 0) is 13.1 Å². The van der Waals surface area contributed by atoms with E-state index >= 15 is 0 Å². The van der Waals surface area contributed by atoms with Crippen molar-refractivity contribution in [3.63, 3.8) is 0 Å². The van der Waals surface area contributed by atoms with Gasteiger partial charge in [-0.3, -0.25) is 9.97 Å². The Balaban J connectivity index is 0.941. The number of fused-ring (bicyclic) bond motifs is 6. The van der Waals surface area contributed by atoms with Crippen molar-refractivity contribution in [3.8, 4) is 0 Å². The van der Waals surface area contributed by atoms with Crippen LogP contribution >= 0.6 is 0 Å². The molecule has 182 valence electrons. The zero-order chi connectivity index (χ0) is 24.2. The quantitative estimate of drug-likeness (QED) is 0.176. The lowest BCUT2D eigenvalue weighted by Gasteiger charge is -2.08. The molecule has 4 heterocycles. The monoisotopic (exact) mass is 474 g/mol. The summed E-state index contributed by atoms with van der Waals surface area (Å²) in [6.07, 6.45) is 18.2. The summed E-state index contributed by atoms with van der Waals surface area (Å²) >= 11 is 0. The maximum atomic E-state index is 4.38. The minimum absolute atomic E-state index is 1.07. The lowest BCUT2D eigenvalue weighted by atomic mass is 10.1. The smallest absolute Gasteiger partial charge is 0.0677 e. The lowest BCUT2D eigenvalue weighted by Crippen LogP contribution is -1.98. The third-order valence-corrected chi connectivity index (χ3v) is 7.67. The molecule has 6 aromatic rings. The van der Waals surface area contributed by atoms with Crippen molar-refractivity contribution >= 4 is 43.6 Å². The van der Waals surface area contributed by atoms with Crippen molar-refractivity contribution < 1.29 is 0 Å². The van der Waals surface area contributed by atoms with Gasteiger partial charge in [-0.1, -0.05) is 74.9 Å². The molecule has 0 aliphatic rings. The van der Waals surface area contributed by atoms with E-state index in [0.717, 1.165) is 13.1 Å². The van der Waals surface area contributed by atoms with Crippen molar-refractivity contribution in [2.24, 2.45) is 0 Å². The fourth-order valence-corrected chi connectivity index (χ4v) is 5.87. The van der Waals surface area contributed by atoms with Gasteiger partial charge in [0, 0.05) is 58.1 Å². The van der Waals surface area contributed by atoms with Gasteiger partial charge in [0.2, 0.25) is 0 Å². The topological polar surface area (TPSA) is 35.6 Å². The first-order valence-electron chi connectivity index (χ1n) is 13.5. The third-order valence-electron chi connectivity index (χ3n) is 7.67. The number of benzene rings is 2. The van der Waals surface area contributed by atoms with Gasteiger partial charge < -0.3 is 9.13 Å². The first kappa shape index (κ1) is 22.8. The van der Waals surface area contributed by atoms with Crippen LogP contribution in [0.3, 0.4) is 0 Å². The van der Waals surface area contributed by atoms with Crippen LogP contribution in [0.4, 0.5) is 0 Å². The Hall–Kier alpha value is -3.66. The molecular formula is C32H34N4. The molecule has 0 bridgehead atoms. The van der Waals surface area contributed by atoms with Crippen LogP contribution in [0, 0.1) is 0 Å². The Morgan fingerprint density at radius 1 is 0.417 bits per heavy atom. The summed E-state index contributed by atoms with van der Waals surface area (Å²) in [5.41, 5.74) is 5.19. The molecule has 6 rings (SSSR count). The second-order valence-electron chi connectivity index (χ2n) is 9.95. The number of pyridine rings is 2. The number of rotatable bonds is 11. The van der Waals surface area contributed by atoms with E-state index in [1.807, 2.05) is 24.8 Å². The molecule has 36 heavy (non-hydrogen) atoms. The van der Waals surface area contributed by atoms with Crippen LogP contribution in [0.2, 0.25) is 0 Å². The summed E-state index contributed by atoms with van der Waals surface area (Å²) in [6, 6.07) is 21.8. The number of hydrogen-bond donors (Lipinski definition) is 0. The molecule has 0 atom stereocenters. The van der Waals surface area contributed by atoms with E-state index in [0.29, 0.717) is 0 Å². The van der Waals surface area contributed by atoms with E-state index in [2.05, 4.69) is 79.8 Å². The molecule has 0 spiro atoms. The van der Waals surface area contributed by atoms with E-state index in [4.69, 9.17) is 0 Å². The molecule has 0 unspecified atom stereocenters. The van der Waals surface area contributed by atoms with E-state index < -0.39 is 0 Å². The molecule has 0 amide bonds. The average Bonchev–Trinajstić information content (AvgIpc) is 3.43. The largest absolute Gasteiger partial charge is 0.339 e. The van der Waals surface area contributed by atoms with Gasteiger partial charge in [0.05, 0.1) is 23.4 Å². The second-order valence-corrected chi connectivity index (χ2v) is 9.95. The maximum Gasteiger partial charge on any atom is 0.0677 e. The molecule has 4 nitrogen and oxygen atoms in total. The Bertz CT molecular complexity index is 1380. The molecule has 4 heteroatoms. The Morgan fingerprint density at radius 2 is 0.806 bits per heavy atom. The van der Waals surface area contributed by atoms with Crippen molar-refractivity contribution in [1.82, 2.24) is 19.1 Å². The highest BCUT2D eigenvalue weighted by Crippen LogP contribution is 2.30. The fraction of sp³-hybridized carbons (Fsp3) is 0.312. The summed E-state index contributed by atoms with van der Waals surface area (Å²) in [5, 5.41) is 5.31. The molecule has 0 saturated heterocycles. The molecule has 0 aliphatic heterocycles. The highest BCUT2D eigenvalue weighted by atomic mass is 15.0. The molecule has 0 N–H and O–H groups in total. The van der Waals surface area contributed by atoms with Crippen molar-refractivity contribution in [2.45, 2.75) is 64.5 Å². The fourth-order valence-electron chi connectivity index (χ4n) is 5.87. The van der Waals surface area contributed by atoms with Crippen molar-refractivity contribution in [1.29, 1.82) is 0 Å². The zero-order valence-corrected chi connectivity index (χ0v) is 20.9. The normalized spacial score (nSPS) is 11.9. The minimum Gasteiger partial charge on any atom is -0.339 e. The van der Waals surface area contributed by atoms with E-state index in [-0.39, 0.29) is 0 Å². The number of para-hydroxylation sites is 2. The van der Waals surface area contributed by atoms with Crippen LogP contribution in [0.5, 0.6) is 0 Å². The SMILES string of the molecule is c1ccc2c(c1)c1ccncc1n2CCCCCCCCCCn1c2ccccc2c2ccncc21. The molecule has 0 radical (unpaired) electrons. The van der Waals surface area contributed by atoms with Crippen LogP contribution in [-0.4, -0.2) is 19.1 Å². The van der Waals surface area contributed by atoms with E-state index in [1.165, 1.54) is 95.0 Å². The highest BCUT2D eigenvalue weighted by Gasteiger charge is 2.10.